The highest BCUT2D eigenvalue weighted by atomic mass is 79.9. The van der Waals surface area contributed by atoms with Gasteiger partial charge in [-0.05, 0) is 34.1 Å². The molecule has 0 aliphatic heterocycles. The van der Waals surface area contributed by atoms with Gasteiger partial charge in [0.1, 0.15) is 6.54 Å². The standard InChI is InChI=1S/C10H8BrClN2O/c1-14(5-4-13)10(15)8-3-2-7(12)6-9(8)11/h2-3,6H,5H2,1H3. The third-order valence-corrected chi connectivity index (χ3v) is 2.71. The highest BCUT2D eigenvalue weighted by Crippen LogP contribution is 2.22. The van der Waals surface area contributed by atoms with Gasteiger partial charge in [-0.25, -0.2) is 0 Å². The smallest absolute Gasteiger partial charge is 0.255 e. The molecule has 1 amide bonds. The molecule has 15 heavy (non-hydrogen) atoms. The van der Waals surface area contributed by atoms with Crippen LogP contribution in [0.4, 0.5) is 0 Å². The maximum atomic E-state index is 11.8. The first-order valence-electron chi connectivity index (χ1n) is 4.13. The summed E-state index contributed by atoms with van der Waals surface area (Å²) in [5.74, 6) is -0.208. The van der Waals surface area contributed by atoms with Crippen LogP contribution < -0.4 is 0 Å². The van der Waals surface area contributed by atoms with E-state index in [0.717, 1.165) is 0 Å². The predicted molar refractivity (Wildman–Crippen MR) is 61.7 cm³/mol. The molecule has 0 saturated carbocycles. The lowest BCUT2D eigenvalue weighted by Crippen LogP contribution is -2.27. The minimum absolute atomic E-state index is 0.0634. The fourth-order valence-electron chi connectivity index (χ4n) is 1.05. The Balaban J connectivity index is 2.97. The lowest BCUT2D eigenvalue weighted by atomic mass is 10.2. The maximum Gasteiger partial charge on any atom is 0.255 e. The molecule has 1 rings (SSSR count). The number of nitriles is 1. The van der Waals surface area contributed by atoms with E-state index in [1.807, 2.05) is 6.07 Å². The quantitative estimate of drug-likeness (QED) is 0.785. The molecule has 78 valence electrons. The van der Waals surface area contributed by atoms with Crippen molar-refractivity contribution in [2.24, 2.45) is 0 Å². The van der Waals surface area contributed by atoms with Crippen LogP contribution in [0.3, 0.4) is 0 Å². The fourth-order valence-corrected chi connectivity index (χ4v) is 1.90. The first-order valence-corrected chi connectivity index (χ1v) is 5.31. The number of hydrogen-bond acceptors (Lipinski definition) is 2. The molecule has 0 aromatic heterocycles. The summed E-state index contributed by atoms with van der Waals surface area (Å²) in [7, 11) is 1.58. The zero-order chi connectivity index (χ0) is 11.4. The molecule has 0 N–H and O–H groups in total. The van der Waals surface area contributed by atoms with Gasteiger partial charge in [0, 0.05) is 16.5 Å². The number of benzene rings is 1. The lowest BCUT2D eigenvalue weighted by molar-refractivity contribution is 0.0811. The maximum absolute atomic E-state index is 11.8. The van der Waals surface area contributed by atoms with Crippen LogP contribution >= 0.6 is 27.5 Å². The Morgan fingerprint density at radius 2 is 2.33 bits per heavy atom. The van der Waals surface area contributed by atoms with Crippen LogP contribution in [0.15, 0.2) is 22.7 Å². The van der Waals surface area contributed by atoms with Crippen molar-refractivity contribution in [2.75, 3.05) is 13.6 Å². The Kier molecular flexibility index (Phi) is 4.13. The normalized spacial score (nSPS) is 9.47. The Hall–Kier alpha value is -1.05. The monoisotopic (exact) mass is 286 g/mol. The molecule has 5 heteroatoms. The van der Waals surface area contributed by atoms with Gasteiger partial charge in [0.25, 0.3) is 5.91 Å². The zero-order valence-corrected chi connectivity index (χ0v) is 10.3. The van der Waals surface area contributed by atoms with Crippen LogP contribution in [0.25, 0.3) is 0 Å². The Morgan fingerprint density at radius 1 is 1.67 bits per heavy atom. The van der Waals surface area contributed by atoms with Crippen molar-refractivity contribution >= 4 is 33.4 Å². The third-order valence-electron chi connectivity index (χ3n) is 1.82. The minimum atomic E-state index is -0.208. The van der Waals surface area contributed by atoms with Crippen LogP contribution in [-0.4, -0.2) is 24.4 Å². The number of halogens is 2. The second kappa shape index (κ2) is 5.15. The molecule has 1 aromatic rings. The summed E-state index contributed by atoms with van der Waals surface area (Å²) < 4.78 is 0.629. The van der Waals surface area contributed by atoms with Crippen LogP contribution in [0.2, 0.25) is 5.02 Å². The number of amides is 1. The van der Waals surface area contributed by atoms with E-state index >= 15 is 0 Å². The lowest BCUT2D eigenvalue weighted by Gasteiger charge is -2.13. The van der Waals surface area contributed by atoms with E-state index in [-0.39, 0.29) is 12.5 Å². The van der Waals surface area contributed by atoms with Crippen molar-refractivity contribution in [1.82, 2.24) is 4.90 Å². The molecule has 0 aliphatic carbocycles. The summed E-state index contributed by atoms with van der Waals surface area (Å²) in [6.45, 7) is 0.0634. The van der Waals surface area contributed by atoms with Gasteiger partial charge in [0.2, 0.25) is 0 Å². The third kappa shape index (κ3) is 2.95. The number of carbonyl (C=O) groups excluding carboxylic acids is 1. The van der Waals surface area contributed by atoms with E-state index in [0.29, 0.717) is 15.1 Å². The number of nitrogens with zero attached hydrogens (tertiary/aromatic N) is 2. The van der Waals surface area contributed by atoms with E-state index in [2.05, 4.69) is 15.9 Å². The average molecular weight is 288 g/mol. The van der Waals surface area contributed by atoms with Gasteiger partial charge in [0.15, 0.2) is 0 Å². The summed E-state index contributed by atoms with van der Waals surface area (Å²) in [5, 5.41) is 9.03. The van der Waals surface area contributed by atoms with Crippen molar-refractivity contribution in [3.8, 4) is 6.07 Å². The summed E-state index contributed by atoms with van der Waals surface area (Å²) in [6.07, 6.45) is 0. The van der Waals surface area contributed by atoms with Crippen LogP contribution in [0.1, 0.15) is 10.4 Å². The predicted octanol–water partition coefficient (Wildman–Crippen LogP) is 2.70. The van der Waals surface area contributed by atoms with Gasteiger partial charge in [-0.15, -0.1) is 0 Å². The fraction of sp³-hybridized carbons (Fsp3) is 0.200. The molecule has 0 radical (unpaired) electrons. The number of rotatable bonds is 2. The van der Waals surface area contributed by atoms with Crippen molar-refractivity contribution in [3.05, 3.63) is 33.3 Å². The van der Waals surface area contributed by atoms with Gasteiger partial charge in [-0.2, -0.15) is 5.26 Å². The number of carbonyl (C=O) groups is 1. The number of hydrogen-bond donors (Lipinski definition) is 0. The van der Waals surface area contributed by atoms with E-state index < -0.39 is 0 Å². The van der Waals surface area contributed by atoms with E-state index in [9.17, 15) is 4.79 Å². The second-order valence-corrected chi connectivity index (χ2v) is 4.23. The second-order valence-electron chi connectivity index (χ2n) is 2.94. The Labute approximate surface area is 101 Å². The van der Waals surface area contributed by atoms with Crippen molar-refractivity contribution < 1.29 is 4.79 Å². The molecule has 3 nitrogen and oxygen atoms in total. The first-order chi connectivity index (χ1) is 7.06. The van der Waals surface area contributed by atoms with Crippen molar-refractivity contribution in [3.63, 3.8) is 0 Å². The summed E-state index contributed by atoms with van der Waals surface area (Å²) >= 11 is 9.01. The molecule has 1 aromatic carbocycles. The van der Waals surface area contributed by atoms with Gasteiger partial charge < -0.3 is 4.90 Å². The molecule has 0 unspecified atom stereocenters. The molecular weight excluding hydrogens is 279 g/mol. The highest BCUT2D eigenvalue weighted by molar-refractivity contribution is 9.10. The molecule has 0 aliphatic rings. The van der Waals surface area contributed by atoms with Crippen LogP contribution in [0, 0.1) is 11.3 Å². The van der Waals surface area contributed by atoms with Gasteiger partial charge in [0.05, 0.1) is 11.6 Å². The van der Waals surface area contributed by atoms with E-state index in [1.54, 1.807) is 25.2 Å². The summed E-state index contributed by atoms with van der Waals surface area (Å²) in [4.78, 5) is 13.1. The molecule has 0 bridgehead atoms. The van der Waals surface area contributed by atoms with Gasteiger partial charge in [-0.3, -0.25) is 4.79 Å². The highest BCUT2D eigenvalue weighted by Gasteiger charge is 2.14. The molecule has 0 fully saturated rings. The summed E-state index contributed by atoms with van der Waals surface area (Å²) in [6, 6.07) is 6.83. The largest absolute Gasteiger partial charge is 0.328 e. The van der Waals surface area contributed by atoms with Crippen molar-refractivity contribution in [1.29, 1.82) is 5.26 Å². The van der Waals surface area contributed by atoms with Crippen molar-refractivity contribution in [2.45, 2.75) is 0 Å². The first kappa shape index (κ1) is 12.0. The molecule has 0 atom stereocenters. The van der Waals surface area contributed by atoms with Gasteiger partial charge >= 0.3 is 0 Å². The SMILES string of the molecule is CN(CC#N)C(=O)c1ccc(Cl)cc1Br. The van der Waals surface area contributed by atoms with Crippen LogP contribution in [0.5, 0.6) is 0 Å². The zero-order valence-electron chi connectivity index (χ0n) is 8.00. The molecular formula is C10H8BrClN2O. The Morgan fingerprint density at radius 3 is 2.87 bits per heavy atom. The topological polar surface area (TPSA) is 44.1 Å². The molecule has 0 saturated heterocycles. The average Bonchev–Trinajstić information content (AvgIpc) is 2.17. The molecule has 0 heterocycles. The van der Waals surface area contributed by atoms with Gasteiger partial charge in [-0.1, -0.05) is 11.6 Å². The van der Waals surface area contributed by atoms with Crippen LogP contribution in [-0.2, 0) is 0 Å². The summed E-state index contributed by atoms with van der Waals surface area (Å²) in [5.41, 5.74) is 0.497. The minimum Gasteiger partial charge on any atom is -0.328 e. The molecule has 0 spiro atoms. The van der Waals surface area contributed by atoms with E-state index in [1.165, 1.54) is 4.90 Å². The van der Waals surface area contributed by atoms with E-state index in [4.69, 9.17) is 16.9 Å². The Bertz CT molecular complexity index is 428.